The van der Waals surface area contributed by atoms with Crippen LogP contribution in [0.4, 0.5) is 0 Å². The molecule has 3 N–H and O–H groups in total. The van der Waals surface area contributed by atoms with Crippen LogP contribution in [0.15, 0.2) is 18.2 Å². The molecular weight excluding hydrogens is 258 g/mol. The SMILES string of the molecule is CCOc1cc(OCC)cc(C(N)(CC)CC(=O)O)c1. The Morgan fingerprint density at radius 2 is 1.65 bits per heavy atom. The summed E-state index contributed by atoms with van der Waals surface area (Å²) in [6.07, 6.45) is 0.380. The molecule has 0 aliphatic rings. The van der Waals surface area contributed by atoms with E-state index in [1.165, 1.54) is 0 Å². The number of hydrogen-bond donors (Lipinski definition) is 2. The van der Waals surface area contributed by atoms with Gasteiger partial charge in [0, 0.05) is 6.07 Å². The van der Waals surface area contributed by atoms with Crippen LogP contribution in [0.5, 0.6) is 11.5 Å². The number of aliphatic carboxylic acids is 1. The first-order valence-corrected chi connectivity index (χ1v) is 6.87. The summed E-state index contributed by atoms with van der Waals surface area (Å²) in [4.78, 5) is 11.0. The van der Waals surface area contributed by atoms with E-state index in [1.54, 1.807) is 18.2 Å². The van der Waals surface area contributed by atoms with Gasteiger partial charge in [0.15, 0.2) is 0 Å². The smallest absolute Gasteiger partial charge is 0.305 e. The third kappa shape index (κ3) is 4.13. The average molecular weight is 281 g/mol. The lowest BCUT2D eigenvalue weighted by molar-refractivity contribution is -0.138. The minimum atomic E-state index is -0.926. The molecule has 1 aromatic rings. The van der Waals surface area contributed by atoms with Crippen molar-refractivity contribution in [3.63, 3.8) is 0 Å². The Balaban J connectivity index is 3.21. The molecule has 1 atom stereocenters. The van der Waals surface area contributed by atoms with E-state index < -0.39 is 11.5 Å². The van der Waals surface area contributed by atoms with Crippen LogP contribution < -0.4 is 15.2 Å². The van der Waals surface area contributed by atoms with Crippen molar-refractivity contribution in [1.29, 1.82) is 0 Å². The largest absolute Gasteiger partial charge is 0.494 e. The monoisotopic (exact) mass is 281 g/mol. The summed E-state index contributed by atoms with van der Waals surface area (Å²) >= 11 is 0. The van der Waals surface area contributed by atoms with Crippen LogP contribution in [0.1, 0.15) is 39.2 Å². The number of benzene rings is 1. The summed E-state index contributed by atoms with van der Waals surface area (Å²) < 4.78 is 11.0. The van der Waals surface area contributed by atoms with Gasteiger partial charge in [-0.05, 0) is 38.0 Å². The first kappa shape index (κ1) is 16.3. The number of carboxylic acid groups (broad SMARTS) is 1. The number of hydrogen-bond acceptors (Lipinski definition) is 4. The molecule has 0 saturated heterocycles. The van der Waals surface area contributed by atoms with Crippen molar-refractivity contribution in [2.75, 3.05) is 13.2 Å². The summed E-state index contributed by atoms with van der Waals surface area (Å²) in [7, 11) is 0. The summed E-state index contributed by atoms with van der Waals surface area (Å²) in [6.45, 7) is 6.70. The Bertz CT molecular complexity index is 437. The van der Waals surface area contributed by atoms with Crippen LogP contribution in [-0.2, 0) is 10.3 Å². The molecule has 0 heterocycles. The maximum Gasteiger partial charge on any atom is 0.305 e. The number of rotatable bonds is 8. The molecular formula is C15H23NO4. The van der Waals surface area contributed by atoms with E-state index in [4.69, 9.17) is 20.3 Å². The van der Waals surface area contributed by atoms with Crippen molar-refractivity contribution in [2.45, 2.75) is 39.2 Å². The molecule has 1 aromatic carbocycles. The van der Waals surface area contributed by atoms with Gasteiger partial charge in [0.2, 0.25) is 0 Å². The molecule has 5 heteroatoms. The molecule has 0 fully saturated rings. The minimum absolute atomic E-state index is 0.134. The van der Waals surface area contributed by atoms with Crippen molar-refractivity contribution in [2.24, 2.45) is 5.73 Å². The second kappa shape index (κ2) is 7.14. The Kier molecular flexibility index (Phi) is 5.82. The normalized spacial score (nSPS) is 13.6. The van der Waals surface area contributed by atoms with Gasteiger partial charge in [-0.25, -0.2) is 0 Å². The van der Waals surface area contributed by atoms with Crippen LogP contribution in [-0.4, -0.2) is 24.3 Å². The zero-order valence-corrected chi connectivity index (χ0v) is 12.3. The Morgan fingerprint density at radius 1 is 1.15 bits per heavy atom. The van der Waals surface area contributed by atoms with E-state index >= 15 is 0 Å². The fourth-order valence-corrected chi connectivity index (χ4v) is 2.06. The Labute approximate surface area is 119 Å². The van der Waals surface area contributed by atoms with E-state index in [0.717, 1.165) is 5.56 Å². The number of nitrogens with two attached hydrogens (primary N) is 1. The molecule has 1 unspecified atom stereocenters. The maximum absolute atomic E-state index is 11.0. The van der Waals surface area contributed by atoms with E-state index in [0.29, 0.717) is 31.1 Å². The minimum Gasteiger partial charge on any atom is -0.494 e. The molecule has 0 aromatic heterocycles. The molecule has 5 nitrogen and oxygen atoms in total. The highest BCUT2D eigenvalue weighted by molar-refractivity contribution is 5.69. The second-order valence-electron chi connectivity index (χ2n) is 4.64. The predicted octanol–water partition coefficient (Wildman–Crippen LogP) is 2.52. The lowest BCUT2D eigenvalue weighted by Crippen LogP contribution is -2.38. The van der Waals surface area contributed by atoms with E-state index in [-0.39, 0.29) is 6.42 Å². The van der Waals surface area contributed by atoms with Gasteiger partial charge in [-0.15, -0.1) is 0 Å². The molecule has 0 saturated carbocycles. The van der Waals surface area contributed by atoms with Crippen molar-refractivity contribution >= 4 is 5.97 Å². The van der Waals surface area contributed by atoms with Crippen molar-refractivity contribution < 1.29 is 19.4 Å². The van der Waals surface area contributed by atoms with Crippen molar-refractivity contribution in [3.05, 3.63) is 23.8 Å². The third-order valence-electron chi connectivity index (χ3n) is 3.17. The summed E-state index contributed by atoms with van der Waals surface area (Å²) in [5.41, 5.74) is 6.05. The highest BCUT2D eigenvalue weighted by Crippen LogP contribution is 2.32. The Morgan fingerprint density at radius 3 is 2.00 bits per heavy atom. The standard InChI is InChI=1S/C15H23NO4/c1-4-15(16,10-14(17)18)11-7-12(19-5-2)9-13(8-11)20-6-3/h7-9H,4-6,10,16H2,1-3H3,(H,17,18). The first-order valence-electron chi connectivity index (χ1n) is 6.87. The number of ether oxygens (including phenoxy) is 2. The molecule has 112 valence electrons. The molecule has 0 amide bonds. The van der Waals surface area contributed by atoms with Crippen LogP contribution in [0.25, 0.3) is 0 Å². The molecule has 1 rings (SSSR count). The molecule has 0 radical (unpaired) electrons. The topological polar surface area (TPSA) is 81.8 Å². The number of carbonyl (C=O) groups is 1. The van der Waals surface area contributed by atoms with Gasteiger partial charge in [-0.3, -0.25) is 4.79 Å². The Hall–Kier alpha value is -1.75. The molecule has 0 bridgehead atoms. The highest BCUT2D eigenvalue weighted by atomic mass is 16.5. The summed E-state index contributed by atoms with van der Waals surface area (Å²) in [5, 5.41) is 9.04. The van der Waals surface area contributed by atoms with E-state index in [1.807, 2.05) is 20.8 Å². The average Bonchev–Trinajstić information content (AvgIpc) is 2.38. The van der Waals surface area contributed by atoms with E-state index in [9.17, 15) is 4.79 Å². The lowest BCUT2D eigenvalue weighted by atomic mass is 9.85. The third-order valence-corrected chi connectivity index (χ3v) is 3.17. The zero-order valence-electron chi connectivity index (χ0n) is 12.3. The maximum atomic E-state index is 11.0. The summed E-state index contributed by atoms with van der Waals surface area (Å²) in [6, 6.07) is 5.37. The van der Waals surface area contributed by atoms with Crippen molar-refractivity contribution in [3.8, 4) is 11.5 Å². The van der Waals surface area contributed by atoms with Crippen LogP contribution in [0, 0.1) is 0 Å². The van der Waals surface area contributed by atoms with Gasteiger partial charge in [-0.2, -0.15) is 0 Å². The molecule has 0 spiro atoms. The highest BCUT2D eigenvalue weighted by Gasteiger charge is 2.29. The number of carboxylic acids is 1. The molecule has 0 aliphatic carbocycles. The fraction of sp³-hybridized carbons (Fsp3) is 0.533. The van der Waals surface area contributed by atoms with Gasteiger partial charge in [0.05, 0.1) is 25.2 Å². The van der Waals surface area contributed by atoms with Crippen LogP contribution in [0.2, 0.25) is 0 Å². The van der Waals surface area contributed by atoms with Crippen LogP contribution in [0.3, 0.4) is 0 Å². The first-order chi connectivity index (χ1) is 9.45. The second-order valence-corrected chi connectivity index (χ2v) is 4.64. The zero-order chi connectivity index (χ0) is 15.2. The van der Waals surface area contributed by atoms with Crippen molar-refractivity contribution in [1.82, 2.24) is 0 Å². The van der Waals surface area contributed by atoms with Gasteiger partial charge in [-0.1, -0.05) is 6.92 Å². The lowest BCUT2D eigenvalue weighted by Gasteiger charge is -2.28. The van der Waals surface area contributed by atoms with Gasteiger partial charge in [0.1, 0.15) is 11.5 Å². The summed E-state index contributed by atoms with van der Waals surface area (Å²) in [5.74, 6) is 0.360. The predicted molar refractivity (Wildman–Crippen MR) is 77.2 cm³/mol. The quantitative estimate of drug-likeness (QED) is 0.765. The molecule has 0 aliphatic heterocycles. The molecule has 20 heavy (non-hydrogen) atoms. The van der Waals surface area contributed by atoms with Gasteiger partial charge < -0.3 is 20.3 Å². The van der Waals surface area contributed by atoms with Gasteiger partial charge in [0.25, 0.3) is 0 Å². The van der Waals surface area contributed by atoms with E-state index in [2.05, 4.69) is 0 Å². The van der Waals surface area contributed by atoms with Crippen LogP contribution >= 0.6 is 0 Å². The van der Waals surface area contributed by atoms with Gasteiger partial charge >= 0.3 is 5.97 Å². The fourth-order valence-electron chi connectivity index (χ4n) is 2.06.